The molecule has 0 spiro atoms. The molecule has 0 amide bonds. The molecule has 6 heteroatoms. The zero-order valence-electron chi connectivity index (χ0n) is 13.4. The summed E-state index contributed by atoms with van der Waals surface area (Å²) >= 11 is 0. The fraction of sp³-hybridized carbons (Fsp3) is 1.00. The summed E-state index contributed by atoms with van der Waals surface area (Å²) in [5.41, 5.74) is 0. The van der Waals surface area contributed by atoms with Crippen molar-refractivity contribution in [1.29, 1.82) is 0 Å². The molecule has 0 atom stereocenters. The summed E-state index contributed by atoms with van der Waals surface area (Å²) in [7, 11) is -3.10. The van der Waals surface area contributed by atoms with Gasteiger partial charge in [-0.05, 0) is 46.1 Å². The van der Waals surface area contributed by atoms with Gasteiger partial charge in [0.2, 0.25) is 10.0 Å². The lowest BCUT2D eigenvalue weighted by Gasteiger charge is -2.09. The topological polar surface area (TPSA) is 67.4 Å². The molecular weight excluding hydrogens is 276 g/mol. The molecule has 0 rings (SSSR count). The van der Waals surface area contributed by atoms with E-state index in [1.165, 1.54) is 0 Å². The van der Waals surface area contributed by atoms with Crippen molar-refractivity contribution in [1.82, 2.24) is 10.0 Å². The third-order valence-corrected chi connectivity index (χ3v) is 4.21. The second-order valence-electron chi connectivity index (χ2n) is 5.66. The Labute approximate surface area is 124 Å². The summed E-state index contributed by atoms with van der Waals surface area (Å²) in [5, 5.41) is 3.28. The molecule has 20 heavy (non-hydrogen) atoms. The van der Waals surface area contributed by atoms with Crippen molar-refractivity contribution < 1.29 is 13.2 Å². The number of hydrogen-bond acceptors (Lipinski definition) is 4. The fourth-order valence-electron chi connectivity index (χ4n) is 1.65. The minimum absolute atomic E-state index is 0.218. The minimum Gasteiger partial charge on any atom is -0.379 e. The molecule has 122 valence electrons. The predicted molar refractivity (Wildman–Crippen MR) is 84.5 cm³/mol. The largest absolute Gasteiger partial charge is 0.379 e. The van der Waals surface area contributed by atoms with Crippen molar-refractivity contribution in [2.75, 3.05) is 25.4 Å². The van der Waals surface area contributed by atoms with Crippen LogP contribution in [0.25, 0.3) is 0 Å². The minimum atomic E-state index is -3.10. The van der Waals surface area contributed by atoms with E-state index in [0.717, 1.165) is 25.8 Å². The number of hydrogen-bond donors (Lipinski definition) is 2. The average Bonchev–Trinajstić information content (AvgIpc) is 2.32. The Morgan fingerprint density at radius 3 is 2.20 bits per heavy atom. The van der Waals surface area contributed by atoms with Gasteiger partial charge in [-0.25, -0.2) is 13.1 Å². The molecule has 0 fully saturated rings. The molecule has 0 heterocycles. The van der Waals surface area contributed by atoms with E-state index in [0.29, 0.717) is 25.6 Å². The van der Waals surface area contributed by atoms with Gasteiger partial charge in [0.05, 0.1) is 11.9 Å². The first-order chi connectivity index (χ1) is 9.33. The number of nitrogens with one attached hydrogen (secondary N) is 2. The molecular formula is C14H32N2O3S. The van der Waals surface area contributed by atoms with E-state index in [1.54, 1.807) is 0 Å². The normalized spacial score (nSPS) is 12.5. The zero-order chi connectivity index (χ0) is 15.4. The monoisotopic (exact) mass is 308 g/mol. The maximum Gasteiger partial charge on any atom is 0.211 e. The van der Waals surface area contributed by atoms with Gasteiger partial charge in [-0.2, -0.15) is 0 Å². The highest BCUT2D eigenvalue weighted by atomic mass is 32.2. The van der Waals surface area contributed by atoms with Gasteiger partial charge in [-0.1, -0.05) is 13.8 Å². The molecule has 0 aromatic rings. The maximum absolute atomic E-state index is 11.7. The van der Waals surface area contributed by atoms with Crippen LogP contribution in [0.15, 0.2) is 0 Å². The van der Waals surface area contributed by atoms with Gasteiger partial charge in [0, 0.05) is 19.2 Å². The van der Waals surface area contributed by atoms with Crippen molar-refractivity contribution in [2.24, 2.45) is 0 Å². The van der Waals surface area contributed by atoms with E-state index in [-0.39, 0.29) is 11.9 Å². The van der Waals surface area contributed by atoms with Gasteiger partial charge in [0.15, 0.2) is 0 Å². The summed E-state index contributed by atoms with van der Waals surface area (Å²) in [4.78, 5) is 0. The van der Waals surface area contributed by atoms with Crippen LogP contribution >= 0.6 is 0 Å². The quantitative estimate of drug-likeness (QED) is 0.510. The predicted octanol–water partition coefficient (Wildman–Crippen LogP) is 1.89. The standard InChI is InChI=1S/C14H32N2O3S/c1-13(2)15-9-6-8-12-20(17,18)16-10-5-7-11-19-14(3)4/h13-16H,5-12H2,1-4H3. The molecule has 2 N–H and O–H groups in total. The van der Waals surface area contributed by atoms with Gasteiger partial charge < -0.3 is 10.1 Å². The van der Waals surface area contributed by atoms with Crippen molar-refractivity contribution in [3.8, 4) is 0 Å². The highest BCUT2D eigenvalue weighted by Crippen LogP contribution is 1.97. The van der Waals surface area contributed by atoms with Crippen molar-refractivity contribution in [2.45, 2.75) is 65.5 Å². The molecule has 0 bridgehead atoms. The van der Waals surface area contributed by atoms with Crippen LogP contribution in [-0.4, -0.2) is 46.0 Å². The highest BCUT2D eigenvalue weighted by Gasteiger charge is 2.08. The van der Waals surface area contributed by atoms with E-state index in [4.69, 9.17) is 4.74 Å². The Morgan fingerprint density at radius 2 is 1.60 bits per heavy atom. The summed E-state index contributed by atoms with van der Waals surface area (Å²) in [5.74, 6) is 0.218. The van der Waals surface area contributed by atoms with E-state index < -0.39 is 10.0 Å². The molecule has 0 aromatic carbocycles. The smallest absolute Gasteiger partial charge is 0.211 e. The molecule has 0 unspecified atom stereocenters. The Bertz CT molecular complexity index is 316. The molecule has 0 aliphatic carbocycles. The second kappa shape index (κ2) is 11.5. The highest BCUT2D eigenvalue weighted by molar-refractivity contribution is 7.89. The van der Waals surface area contributed by atoms with E-state index in [2.05, 4.69) is 23.9 Å². The first-order valence-electron chi connectivity index (χ1n) is 7.66. The summed E-state index contributed by atoms with van der Waals surface area (Å²) in [6, 6.07) is 0.456. The van der Waals surface area contributed by atoms with Crippen LogP contribution in [0.3, 0.4) is 0 Å². The van der Waals surface area contributed by atoms with E-state index in [1.807, 2.05) is 13.8 Å². The van der Waals surface area contributed by atoms with Gasteiger partial charge in [-0.15, -0.1) is 0 Å². The fourth-order valence-corrected chi connectivity index (χ4v) is 2.84. The van der Waals surface area contributed by atoms with E-state index in [9.17, 15) is 8.42 Å². The zero-order valence-corrected chi connectivity index (χ0v) is 14.3. The van der Waals surface area contributed by atoms with Crippen LogP contribution < -0.4 is 10.0 Å². The van der Waals surface area contributed by atoms with Crippen LogP contribution in [0.4, 0.5) is 0 Å². The van der Waals surface area contributed by atoms with Crippen LogP contribution in [0.5, 0.6) is 0 Å². The van der Waals surface area contributed by atoms with Crippen LogP contribution in [-0.2, 0) is 14.8 Å². The SMILES string of the molecule is CC(C)NCCCCS(=O)(=O)NCCCCOC(C)C. The summed E-state index contributed by atoms with van der Waals surface area (Å²) in [6.45, 7) is 10.2. The number of sulfonamides is 1. The van der Waals surface area contributed by atoms with E-state index >= 15 is 0 Å². The molecule has 0 aromatic heterocycles. The van der Waals surface area contributed by atoms with Crippen LogP contribution in [0.1, 0.15) is 53.4 Å². The van der Waals surface area contributed by atoms with Crippen LogP contribution in [0.2, 0.25) is 0 Å². The molecule has 0 saturated heterocycles. The van der Waals surface area contributed by atoms with Crippen LogP contribution in [0, 0.1) is 0 Å². The first kappa shape index (κ1) is 19.8. The number of ether oxygens (including phenoxy) is 1. The molecule has 0 radical (unpaired) electrons. The lowest BCUT2D eigenvalue weighted by atomic mass is 10.3. The average molecular weight is 308 g/mol. The maximum atomic E-state index is 11.7. The lowest BCUT2D eigenvalue weighted by Crippen LogP contribution is -2.28. The van der Waals surface area contributed by atoms with Gasteiger partial charge in [-0.3, -0.25) is 0 Å². The Hall–Kier alpha value is -0.170. The Kier molecular flexibility index (Phi) is 11.4. The third-order valence-electron chi connectivity index (χ3n) is 2.74. The summed E-state index contributed by atoms with van der Waals surface area (Å²) in [6.07, 6.45) is 3.54. The van der Waals surface area contributed by atoms with Gasteiger partial charge >= 0.3 is 0 Å². The lowest BCUT2D eigenvalue weighted by molar-refractivity contribution is 0.0762. The van der Waals surface area contributed by atoms with Crippen molar-refractivity contribution in [3.05, 3.63) is 0 Å². The molecule has 0 aliphatic rings. The molecule has 0 aliphatic heterocycles. The van der Waals surface area contributed by atoms with Crippen molar-refractivity contribution >= 4 is 10.0 Å². The van der Waals surface area contributed by atoms with Crippen molar-refractivity contribution in [3.63, 3.8) is 0 Å². The number of unbranched alkanes of at least 4 members (excludes halogenated alkanes) is 2. The summed E-state index contributed by atoms with van der Waals surface area (Å²) < 4.78 is 31.5. The third kappa shape index (κ3) is 14.2. The first-order valence-corrected chi connectivity index (χ1v) is 9.31. The Morgan fingerprint density at radius 1 is 0.950 bits per heavy atom. The number of rotatable bonds is 13. The van der Waals surface area contributed by atoms with Gasteiger partial charge in [0.25, 0.3) is 0 Å². The molecule has 0 saturated carbocycles. The van der Waals surface area contributed by atoms with Gasteiger partial charge in [0.1, 0.15) is 0 Å². The Balaban J connectivity index is 3.50. The molecule has 5 nitrogen and oxygen atoms in total. The second-order valence-corrected chi connectivity index (χ2v) is 7.58.